The molecule has 0 heterocycles. The largest absolute Gasteiger partial charge is 0.345 e. The fraction of sp³-hybridized carbons (Fsp3) is 0.533. The molecule has 1 aliphatic carbocycles. The number of carbonyl (C=O) groups is 1. The van der Waals surface area contributed by atoms with Crippen LogP contribution in [0.15, 0.2) is 24.3 Å². The van der Waals surface area contributed by atoms with Gasteiger partial charge in [0, 0.05) is 20.0 Å². The highest BCUT2D eigenvalue weighted by atomic mass is 16.2. The lowest BCUT2D eigenvalue weighted by atomic mass is 10.1. The first-order chi connectivity index (χ1) is 8.15. The van der Waals surface area contributed by atoms with Crippen LogP contribution >= 0.6 is 0 Å². The number of nitrogens with zero attached hydrogens (tertiary/aromatic N) is 1. The summed E-state index contributed by atoms with van der Waals surface area (Å²) in [6, 6.07) is 8.44. The quantitative estimate of drug-likeness (QED) is 0.763. The third-order valence-corrected chi connectivity index (χ3v) is 3.40. The second kappa shape index (κ2) is 5.35. The molecule has 0 N–H and O–H groups in total. The molecule has 0 bridgehead atoms. The molecule has 1 amide bonds. The molecular formula is C15H21NO. The van der Waals surface area contributed by atoms with Crippen molar-refractivity contribution in [2.75, 3.05) is 13.6 Å². The Balaban J connectivity index is 1.76. The second-order valence-electron chi connectivity index (χ2n) is 5.20. The van der Waals surface area contributed by atoms with Crippen molar-refractivity contribution in [1.82, 2.24) is 4.90 Å². The van der Waals surface area contributed by atoms with Gasteiger partial charge in [0.2, 0.25) is 5.91 Å². The van der Waals surface area contributed by atoms with Crippen LogP contribution in [-0.4, -0.2) is 24.4 Å². The van der Waals surface area contributed by atoms with E-state index in [1.807, 2.05) is 11.9 Å². The summed E-state index contributed by atoms with van der Waals surface area (Å²) in [6.45, 7) is 3.03. The summed E-state index contributed by atoms with van der Waals surface area (Å²) in [7, 11) is 1.93. The Kier molecular flexibility index (Phi) is 3.82. The van der Waals surface area contributed by atoms with Crippen LogP contribution in [0.4, 0.5) is 0 Å². The molecular weight excluding hydrogens is 210 g/mol. The van der Waals surface area contributed by atoms with Gasteiger partial charge in [0.1, 0.15) is 0 Å². The number of benzene rings is 1. The van der Waals surface area contributed by atoms with Crippen LogP contribution in [0.25, 0.3) is 0 Å². The van der Waals surface area contributed by atoms with Gasteiger partial charge in [-0.3, -0.25) is 4.79 Å². The maximum atomic E-state index is 11.9. The van der Waals surface area contributed by atoms with Crippen LogP contribution in [0.2, 0.25) is 0 Å². The van der Waals surface area contributed by atoms with E-state index in [4.69, 9.17) is 0 Å². The van der Waals surface area contributed by atoms with Gasteiger partial charge in [0.25, 0.3) is 0 Å². The van der Waals surface area contributed by atoms with Crippen molar-refractivity contribution in [2.24, 2.45) is 5.92 Å². The zero-order valence-corrected chi connectivity index (χ0v) is 10.8. The highest BCUT2D eigenvalue weighted by molar-refractivity contribution is 5.76. The summed E-state index contributed by atoms with van der Waals surface area (Å²) < 4.78 is 0. The second-order valence-corrected chi connectivity index (χ2v) is 5.20. The number of hydrogen-bond acceptors (Lipinski definition) is 1. The number of hydrogen-bond donors (Lipinski definition) is 0. The molecule has 1 aromatic rings. The molecule has 1 fully saturated rings. The maximum absolute atomic E-state index is 11.9. The normalized spacial score (nSPS) is 14.7. The summed E-state index contributed by atoms with van der Waals surface area (Å²) in [5.74, 6) is 1.06. The van der Waals surface area contributed by atoms with Gasteiger partial charge in [-0.25, -0.2) is 0 Å². The Morgan fingerprint density at radius 3 is 2.53 bits per heavy atom. The van der Waals surface area contributed by atoms with Gasteiger partial charge in [-0.05, 0) is 37.7 Å². The predicted octanol–water partition coefficient (Wildman–Crippen LogP) is 2.80. The molecule has 0 aliphatic heterocycles. The number of carbonyl (C=O) groups excluding carboxylic acids is 1. The van der Waals surface area contributed by atoms with Crippen molar-refractivity contribution in [1.29, 1.82) is 0 Å². The lowest BCUT2D eigenvalue weighted by molar-refractivity contribution is -0.130. The van der Waals surface area contributed by atoms with E-state index in [0.29, 0.717) is 6.42 Å². The first-order valence-corrected chi connectivity index (χ1v) is 6.44. The smallest absolute Gasteiger partial charge is 0.222 e. The molecule has 1 aliphatic rings. The first kappa shape index (κ1) is 12.2. The fourth-order valence-electron chi connectivity index (χ4n) is 1.99. The first-order valence-electron chi connectivity index (χ1n) is 6.44. The Morgan fingerprint density at radius 2 is 1.94 bits per heavy atom. The molecule has 0 unspecified atom stereocenters. The summed E-state index contributed by atoms with van der Waals surface area (Å²) in [4.78, 5) is 13.8. The van der Waals surface area contributed by atoms with Crippen LogP contribution in [0, 0.1) is 12.8 Å². The molecule has 0 saturated heterocycles. The minimum absolute atomic E-state index is 0.275. The Morgan fingerprint density at radius 1 is 1.29 bits per heavy atom. The van der Waals surface area contributed by atoms with Gasteiger partial charge in [-0.15, -0.1) is 0 Å². The van der Waals surface area contributed by atoms with Crippen molar-refractivity contribution < 1.29 is 4.79 Å². The van der Waals surface area contributed by atoms with Crippen LogP contribution in [0.5, 0.6) is 0 Å². The molecule has 1 saturated carbocycles. The topological polar surface area (TPSA) is 20.3 Å². The Bertz CT molecular complexity index is 378. The molecule has 92 valence electrons. The molecule has 2 nitrogen and oxygen atoms in total. The third kappa shape index (κ3) is 3.88. The van der Waals surface area contributed by atoms with Crippen LogP contribution in [0.1, 0.15) is 30.4 Å². The van der Waals surface area contributed by atoms with E-state index in [0.717, 1.165) is 18.9 Å². The highest BCUT2D eigenvalue weighted by Crippen LogP contribution is 2.29. The maximum Gasteiger partial charge on any atom is 0.222 e. The van der Waals surface area contributed by atoms with E-state index in [9.17, 15) is 4.79 Å². The van der Waals surface area contributed by atoms with Crippen molar-refractivity contribution >= 4 is 5.91 Å². The van der Waals surface area contributed by atoms with Crippen LogP contribution in [0.3, 0.4) is 0 Å². The SMILES string of the molecule is Cc1ccc(CCC(=O)N(C)CC2CC2)cc1. The van der Waals surface area contributed by atoms with Gasteiger partial charge in [-0.1, -0.05) is 29.8 Å². The van der Waals surface area contributed by atoms with E-state index in [2.05, 4.69) is 31.2 Å². The zero-order chi connectivity index (χ0) is 12.3. The predicted molar refractivity (Wildman–Crippen MR) is 69.9 cm³/mol. The van der Waals surface area contributed by atoms with E-state index in [-0.39, 0.29) is 5.91 Å². The number of rotatable bonds is 5. The van der Waals surface area contributed by atoms with E-state index >= 15 is 0 Å². The van der Waals surface area contributed by atoms with Gasteiger partial charge < -0.3 is 4.90 Å². The monoisotopic (exact) mass is 231 g/mol. The minimum atomic E-state index is 0.275. The summed E-state index contributed by atoms with van der Waals surface area (Å²) in [5.41, 5.74) is 2.52. The lowest BCUT2D eigenvalue weighted by Crippen LogP contribution is -2.28. The standard InChI is InChI=1S/C15H21NO/c1-12-3-5-13(6-4-12)9-10-15(17)16(2)11-14-7-8-14/h3-6,14H,7-11H2,1-2H3. The van der Waals surface area contributed by atoms with E-state index < -0.39 is 0 Å². The fourth-order valence-corrected chi connectivity index (χ4v) is 1.99. The number of aryl methyl sites for hydroxylation is 2. The molecule has 17 heavy (non-hydrogen) atoms. The molecule has 0 spiro atoms. The molecule has 1 aromatic carbocycles. The van der Waals surface area contributed by atoms with Crippen LogP contribution < -0.4 is 0 Å². The van der Waals surface area contributed by atoms with E-state index in [1.165, 1.54) is 24.0 Å². The average molecular weight is 231 g/mol. The van der Waals surface area contributed by atoms with Gasteiger partial charge in [0.05, 0.1) is 0 Å². The summed E-state index contributed by atoms with van der Waals surface area (Å²) >= 11 is 0. The van der Waals surface area contributed by atoms with Crippen molar-refractivity contribution in [3.05, 3.63) is 35.4 Å². The summed E-state index contributed by atoms with van der Waals surface area (Å²) in [5, 5.41) is 0. The van der Waals surface area contributed by atoms with Crippen molar-refractivity contribution in [3.63, 3.8) is 0 Å². The molecule has 2 rings (SSSR count). The van der Waals surface area contributed by atoms with Gasteiger partial charge in [-0.2, -0.15) is 0 Å². The molecule has 0 radical (unpaired) electrons. The lowest BCUT2D eigenvalue weighted by Gasteiger charge is -2.16. The average Bonchev–Trinajstić information content (AvgIpc) is 3.11. The zero-order valence-electron chi connectivity index (χ0n) is 10.8. The molecule has 2 heteroatoms. The Labute approximate surface area is 104 Å². The number of amides is 1. The Hall–Kier alpha value is -1.31. The molecule has 0 aromatic heterocycles. The van der Waals surface area contributed by atoms with Crippen molar-refractivity contribution in [3.8, 4) is 0 Å². The minimum Gasteiger partial charge on any atom is -0.345 e. The highest BCUT2D eigenvalue weighted by Gasteiger charge is 2.24. The van der Waals surface area contributed by atoms with Crippen molar-refractivity contribution in [2.45, 2.75) is 32.6 Å². The van der Waals surface area contributed by atoms with Gasteiger partial charge in [0.15, 0.2) is 0 Å². The third-order valence-electron chi connectivity index (χ3n) is 3.40. The van der Waals surface area contributed by atoms with Gasteiger partial charge >= 0.3 is 0 Å². The van der Waals surface area contributed by atoms with Crippen LogP contribution in [-0.2, 0) is 11.2 Å². The summed E-state index contributed by atoms with van der Waals surface area (Å²) in [6.07, 6.45) is 4.09. The van der Waals surface area contributed by atoms with E-state index in [1.54, 1.807) is 0 Å². The molecule has 0 atom stereocenters.